The molecule has 1 fully saturated rings. The summed E-state index contributed by atoms with van der Waals surface area (Å²) in [5, 5.41) is 3.39. The summed E-state index contributed by atoms with van der Waals surface area (Å²) in [5.41, 5.74) is 1.31. The number of benzene rings is 2. The van der Waals surface area contributed by atoms with E-state index in [4.69, 9.17) is 4.74 Å². The third-order valence-electron chi connectivity index (χ3n) is 5.94. The van der Waals surface area contributed by atoms with E-state index in [-0.39, 0.29) is 17.2 Å². The van der Waals surface area contributed by atoms with Crippen molar-refractivity contribution in [3.05, 3.63) is 71.6 Å². The highest BCUT2D eigenvalue weighted by molar-refractivity contribution is 7.87. The number of hydrogen-bond acceptors (Lipinski definition) is 5. The Balaban J connectivity index is 1.82. The lowest BCUT2D eigenvalue weighted by atomic mass is 10.1. The van der Waals surface area contributed by atoms with Crippen LogP contribution in [0.5, 0.6) is 5.75 Å². The largest absolute Gasteiger partial charge is 0.496 e. The smallest absolute Gasteiger partial charge is 0.307 e. The van der Waals surface area contributed by atoms with Gasteiger partial charge in [0.15, 0.2) is 0 Å². The summed E-state index contributed by atoms with van der Waals surface area (Å²) in [6, 6.07) is 13.8. The SMILES string of the molecule is COc1ccccc1C(=O)NC(=Cc1cn(S(=O)(=O)N(C)C)c2ccccc12)C(=O)N1CCCC1. The molecule has 0 bridgehead atoms. The average molecular weight is 497 g/mol. The second-order valence-electron chi connectivity index (χ2n) is 8.40. The number of likely N-dealkylation sites (tertiary alicyclic amines) is 1. The van der Waals surface area contributed by atoms with Gasteiger partial charge in [-0.25, -0.2) is 3.97 Å². The number of nitrogens with one attached hydrogen (secondary N) is 1. The molecule has 9 nitrogen and oxygen atoms in total. The molecule has 2 amide bonds. The first kappa shape index (κ1) is 24.5. The van der Waals surface area contributed by atoms with Crippen LogP contribution < -0.4 is 10.1 Å². The van der Waals surface area contributed by atoms with Crippen molar-refractivity contribution in [1.82, 2.24) is 18.5 Å². The Morgan fingerprint density at radius 3 is 2.37 bits per heavy atom. The molecular weight excluding hydrogens is 468 g/mol. The van der Waals surface area contributed by atoms with Crippen LogP contribution in [0.15, 0.2) is 60.4 Å². The molecule has 4 rings (SSSR count). The van der Waals surface area contributed by atoms with Crippen LogP contribution in [-0.2, 0) is 15.0 Å². The fraction of sp³-hybridized carbons (Fsp3) is 0.280. The van der Waals surface area contributed by atoms with Gasteiger partial charge < -0.3 is 15.0 Å². The van der Waals surface area contributed by atoms with Crippen molar-refractivity contribution in [3.8, 4) is 5.75 Å². The maximum atomic E-state index is 13.4. The summed E-state index contributed by atoms with van der Waals surface area (Å²) in [4.78, 5) is 28.2. The van der Waals surface area contributed by atoms with Gasteiger partial charge in [0.2, 0.25) is 0 Å². The van der Waals surface area contributed by atoms with Gasteiger partial charge >= 0.3 is 10.2 Å². The summed E-state index contributed by atoms with van der Waals surface area (Å²) in [6.45, 7) is 1.19. The minimum absolute atomic E-state index is 0.0629. The van der Waals surface area contributed by atoms with E-state index in [1.165, 1.54) is 37.5 Å². The highest BCUT2D eigenvalue weighted by Gasteiger charge is 2.26. The number of aromatic nitrogens is 1. The van der Waals surface area contributed by atoms with Crippen LogP contribution in [0.4, 0.5) is 0 Å². The molecule has 2 aromatic carbocycles. The number of fused-ring (bicyclic) bond motifs is 1. The van der Waals surface area contributed by atoms with E-state index < -0.39 is 16.1 Å². The zero-order valence-corrected chi connectivity index (χ0v) is 20.7. The van der Waals surface area contributed by atoms with Crippen molar-refractivity contribution in [2.45, 2.75) is 12.8 Å². The van der Waals surface area contributed by atoms with Crippen LogP contribution >= 0.6 is 0 Å². The molecule has 0 atom stereocenters. The summed E-state index contributed by atoms with van der Waals surface area (Å²) in [5.74, 6) is -0.435. The Bertz CT molecular complexity index is 1400. The van der Waals surface area contributed by atoms with Gasteiger partial charge in [0.25, 0.3) is 11.8 Å². The lowest BCUT2D eigenvalue weighted by Crippen LogP contribution is -2.36. The van der Waals surface area contributed by atoms with E-state index in [0.717, 1.165) is 17.1 Å². The van der Waals surface area contributed by atoms with Gasteiger partial charge in [-0.3, -0.25) is 9.59 Å². The standard InChI is InChI=1S/C25H28N4O5S/c1-27(2)35(32,33)29-17-18(19-10-4-6-12-22(19)29)16-21(25(31)28-14-8-9-15-28)26-24(30)20-11-5-7-13-23(20)34-3/h4-7,10-13,16-17H,8-9,14-15H2,1-3H3,(H,26,30). The fourth-order valence-corrected chi connectivity index (χ4v) is 5.08. The quantitative estimate of drug-likeness (QED) is 0.507. The number of amides is 2. The van der Waals surface area contributed by atoms with Crippen molar-refractivity contribution in [1.29, 1.82) is 0 Å². The molecule has 1 N–H and O–H groups in total. The molecule has 0 spiro atoms. The number of para-hydroxylation sites is 2. The average Bonchev–Trinajstić information content (AvgIpc) is 3.52. The van der Waals surface area contributed by atoms with Crippen LogP contribution in [-0.4, -0.2) is 67.7 Å². The number of carbonyl (C=O) groups is 2. The normalized spacial score (nSPS) is 14.5. The Hall–Kier alpha value is -3.63. The number of nitrogens with zero attached hydrogens (tertiary/aromatic N) is 3. The minimum atomic E-state index is -3.81. The van der Waals surface area contributed by atoms with Crippen molar-refractivity contribution in [2.24, 2.45) is 0 Å². The van der Waals surface area contributed by atoms with E-state index in [0.29, 0.717) is 35.3 Å². The highest BCUT2D eigenvalue weighted by atomic mass is 32.2. The lowest BCUT2D eigenvalue weighted by Gasteiger charge is -2.18. The van der Waals surface area contributed by atoms with E-state index in [1.54, 1.807) is 53.4 Å². The van der Waals surface area contributed by atoms with Gasteiger partial charge in [0, 0.05) is 44.3 Å². The molecule has 3 aromatic rings. The molecule has 1 aliphatic heterocycles. The van der Waals surface area contributed by atoms with Gasteiger partial charge in [0.1, 0.15) is 11.4 Å². The Labute approximate surface area is 204 Å². The highest BCUT2D eigenvalue weighted by Crippen LogP contribution is 2.26. The van der Waals surface area contributed by atoms with Gasteiger partial charge in [-0.15, -0.1) is 0 Å². The second-order valence-corrected chi connectivity index (χ2v) is 10.4. The molecule has 0 saturated carbocycles. The zero-order valence-electron chi connectivity index (χ0n) is 19.9. The van der Waals surface area contributed by atoms with E-state index in [9.17, 15) is 18.0 Å². The number of ether oxygens (including phenoxy) is 1. The van der Waals surface area contributed by atoms with Crippen LogP contribution in [0.25, 0.3) is 17.0 Å². The summed E-state index contributed by atoms with van der Waals surface area (Å²) >= 11 is 0. The molecule has 184 valence electrons. The third-order valence-corrected chi connectivity index (χ3v) is 7.66. The Morgan fingerprint density at radius 1 is 1.03 bits per heavy atom. The number of rotatable bonds is 7. The second kappa shape index (κ2) is 9.93. The van der Waals surface area contributed by atoms with Crippen molar-refractivity contribution >= 4 is 39.0 Å². The Morgan fingerprint density at radius 2 is 1.69 bits per heavy atom. The molecule has 10 heteroatoms. The maximum absolute atomic E-state index is 13.4. The van der Waals surface area contributed by atoms with Crippen molar-refractivity contribution in [2.75, 3.05) is 34.3 Å². The molecule has 1 aliphatic rings. The first-order valence-corrected chi connectivity index (χ1v) is 12.6. The molecule has 0 aliphatic carbocycles. The molecule has 35 heavy (non-hydrogen) atoms. The number of hydrogen-bond donors (Lipinski definition) is 1. The predicted octanol–water partition coefficient (Wildman–Crippen LogP) is 2.70. The number of carbonyl (C=O) groups excluding carboxylic acids is 2. The topological polar surface area (TPSA) is 101 Å². The van der Waals surface area contributed by atoms with Gasteiger partial charge in [-0.2, -0.15) is 12.7 Å². The number of methoxy groups -OCH3 is 1. The minimum Gasteiger partial charge on any atom is -0.496 e. The molecule has 1 aromatic heterocycles. The Kier molecular flexibility index (Phi) is 6.95. The summed E-state index contributed by atoms with van der Waals surface area (Å²) < 4.78 is 33.5. The van der Waals surface area contributed by atoms with E-state index in [2.05, 4.69) is 5.32 Å². The summed E-state index contributed by atoms with van der Waals surface area (Å²) in [6.07, 6.45) is 4.78. The maximum Gasteiger partial charge on any atom is 0.307 e. The first-order valence-electron chi connectivity index (χ1n) is 11.2. The lowest BCUT2D eigenvalue weighted by molar-refractivity contribution is -0.126. The molecule has 0 unspecified atom stereocenters. The van der Waals surface area contributed by atoms with Gasteiger partial charge in [-0.1, -0.05) is 30.3 Å². The molecule has 2 heterocycles. The van der Waals surface area contributed by atoms with Crippen LogP contribution in [0, 0.1) is 0 Å². The zero-order chi connectivity index (χ0) is 25.2. The van der Waals surface area contributed by atoms with Crippen LogP contribution in [0.1, 0.15) is 28.8 Å². The monoisotopic (exact) mass is 496 g/mol. The van der Waals surface area contributed by atoms with Crippen molar-refractivity contribution in [3.63, 3.8) is 0 Å². The van der Waals surface area contributed by atoms with E-state index in [1.807, 2.05) is 0 Å². The first-order chi connectivity index (χ1) is 16.7. The van der Waals surface area contributed by atoms with Gasteiger partial charge in [0.05, 0.1) is 18.2 Å². The predicted molar refractivity (Wildman–Crippen MR) is 134 cm³/mol. The van der Waals surface area contributed by atoms with Gasteiger partial charge in [-0.05, 0) is 37.1 Å². The van der Waals surface area contributed by atoms with Crippen molar-refractivity contribution < 1.29 is 22.7 Å². The van der Waals surface area contributed by atoms with Crippen LogP contribution in [0.3, 0.4) is 0 Å². The van der Waals surface area contributed by atoms with E-state index >= 15 is 0 Å². The summed E-state index contributed by atoms with van der Waals surface area (Å²) in [7, 11) is 0.570. The molecule has 0 radical (unpaired) electrons. The fourth-order valence-electron chi connectivity index (χ4n) is 4.08. The third kappa shape index (κ3) is 4.80. The molecule has 1 saturated heterocycles. The van der Waals surface area contributed by atoms with Crippen LogP contribution in [0.2, 0.25) is 0 Å². The molecular formula is C25H28N4O5S.